The first-order valence-corrected chi connectivity index (χ1v) is 11.5. The van der Waals surface area contributed by atoms with E-state index in [-0.39, 0.29) is 5.91 Å². The summed E-state index contributed by atoms with van der Waals surface area (Å²) in [6, 6.07) is 6.17. The first-order valence-electron chi connectivity index (χ1n) is 10.2. The minimum Gasteiger partial charge on any atom is -0.492 e. The van der Waals surface area contributed by atoms with Crippen molar-refractivity contribution >= 4 is 23.8 Å². The van der Waals surface area contributed by atoms with E-state index in [9.17, 15) is 4.79 Å². The predicted octanol–water partition coefficient (Wildman–Crippen LogP) is 4.07. The molecule has 7 nitrogen and oxygen atoms in total. The summed E-state index contributed by atoms with van der Waals surface area (Å²) in [6.45, 7) is 2.94. The summed E-state index contributed by atoms with van der Waals surface area (Å²) in [5.41, 5.74) is 0.740. The van der Waals surface area contributed by atoms with Crippen LogP contribution in [-0.2, 0) is 0 Å². The lowest BCUT2D eigenvalue weighted by atomic mass is 9.95. The molecule has 1 saturated carbocycles. The van der Waals surface area contributed by atoms with Crippen LogP contribution >= 0.6 is 11.8 Å². The third-order valence-electron chi connectivity index (χ3n) is 5.30. The van der Waals surface area contributed by atoms with Gasteiger partial charge in [0, 0.05) is 16.5 Å². The fraction of sp³-hybridized carbons (Fsp3) is 0.619. The molecule has 2 fully saturated rings. The molecule has 1 heterocycles. The molecule has 0 radical (unpaired) electrons. The number of nitrogens with one attached hydrogen (secondary N) is 2. The van der Waals surface area contributed by atoms with Crippen molar-refractivity contribution in [2.45, 2.75) is 55.9 Å². The molecule has 3 rings (SSSR count). The maximum Gasteiger partial charge on any atom is 0.503 e. The van der Waals surface area contributed by atoms with E-state index in [2.05, 4.69) is 10.6 Å². The highest BCUT2D eigenvalue weighted by molar-refractivity contribution is 7.98. The van der Waals surface area contributed by atoms with Gasteiger partial charge in [0.25, 0.3) is 5.91 Å². The maximum atomic E-state index is 12.5. The molecule has 1 aromatic carbocycles. The van der Waals surface area contributed by atoms with Crippen LogP contribution in [-0.4, -0.2) is 54.3 Å². The lowest BCUT2D eigenvalue weighted by molar-refractivity contribution is 0.0927. The minimum atomic E-state index is -1.83. The Morgan fingerprint density at radius 2 is 1.79 bits per heavy atom. The van der Waals surface area contributed by atoms with E-state index in [4.69, 9.17) is 19.7 Å². The van der Waals surface area contributed by atoms with Crippen molar-refractivity contribution in [1.82, 2.24) is 10.6 Å². The van der Waals surface area contributed by atoms with Gasteiger partial charge in [0.15, 0.2) is 0 Å². The number of carbonyl (C=O) groups is 2. The number of amides is 1. The van der Waals surface area contributed by atoms with Gasteiger partial charge >= 0.3 is 6.16 Å². The molecule has 1 amide bonds. The number of ether oxygens (including phenoxy) is 1. The molecule has 162 valence electrons. The van der Waals surface area contributed by atoms with Crippen molar-refractivity contribution in [1.29, 1.82) is 0 Å². The molecule has 0 unspecified atom stereocenters. The molecule has 1 aliphatic carbocycles. The molecule has 1 aliphatic heterocycles. The van der Waals surface area contributed by atoms with E-state index in [1.54, 1.807) is 11.8 Å². The summed E-state index contributed by atoms with van der Waals surface area (Å²) in [5.74, 6) is 1.58. The van der Waals surface area contributed by atoms with Crippen LogP contribution in [0.15, 0.2) is 23.1 Å². The maximum absolute atomic E-state index is 12.5. The van der Waals surface area contributed by atoms with Gasteiger partial charge in [-0.1, -0.05) is 19.3 Å². The van der Waals surface area contributed by atoms with Crippen LogP contribution in [0.1, 0.15) is 55.3 Å². The Morgan fingerprint density at radius 1 is 1.14 bits per heavy atom. The van der Waals surface area contributed by atoms with Crippen LogP contribution in [0.2, 0.25) is 0 Å². The summed E-state index contributed by atoms with van der Waals surface area (Å²) in [6.07, 6.45) is 8.53. The van der Waals surface area contributed by atoms with Crippen molar-refractivity contribution < 1.29 is 24.5 Å². The zero-order valence-electron chi connectivity index (χ0n) is 17.0. The highest BCUT2D eigenvalue weighted by Crippen LogP contribution is 2.30. The Bertz CT molecular complexity index is 654. The third-order valence-corrected chi connectivity index (χ3v) is 6.06. The number of rotatable bonds is 6. The number of carbonyl (C=O) groups excluding carboxylic acids is 1. The van der Waals surface area contributed by atoms with E-state index in [1.165, 1.54) is 32.1 Å². The summed E-state index contributed by atoms with van der Waals surface area (Å²) in [5, 5.41) is 20.5. The standard InChI is InChI=1S/C20H30N2O2S.CH2O3/c1-25-19-13-16(20(23)22-17-5-3-2-4-6-17)7-8-18(19)24-14-15-9-11-21-12-10-15;2-1(3)4/h7-8,13,15,17,21H,2-6,9-12,14H2,1H3,(H,22,23);(H2,2,3,4). The molecule has 8 heteroatoms. The topological polar surface area (TPSA) is 108 Å². The van der Waals surface area contributed by atoms with Crippen LogP contribution in [0.4, 0.5) is 4.79 Å². The fourth-order valence-corrected chi connectivity index (χ4v) is 4.27. The molecule has 1 aromatic rings. The van der Waals surface area contributed by atoms with Gasteiger partial charge < -0.3 is 25.6 Å². The van der Waals surface area contributed by atoms with Crippen molar-refractivity contribution in [3.8, 4) is 5.75 Å². The van der Waals surface area contributed by atoms with Crippen LogP contribution in [0, 0.1) is 5.92 Å². The first kappa shape index (κ1) is 23.3. The second kappa shape index (κ2) is 12.6. The number of carboxylic acid groups (broad SMARTS) is 2. The predicted molar refractivity (Wildman–Crippen MR) is 114 cm³/mol. The van der Waals surface area contributed by atoms with Gasteiger partial charge in [0.2, 0.25) is 0 Å². The summed E-state index contributed by atoms with van der Waals surface area (Å²) < 4.78 is 6.07. The van der Waals surface area contributed by atoms with Gasteiger partial charge in [-0.15, -0.1) is 11.8 Å². The van der Waals surface area contributed by atoms with Crippen LogP contribution < -0.4 is 15.4 Å². The molecule has 0 aromatic heterocycles. The van der Waals surface area contributed by atoms with Crippen LogP contribution in [0.3, 0.4) is 0 Å². The average Bonchev–Trinajstić information content (AvgIpc) is 2.73. The summed E-state index contributed by atoms with van der Waals surface area (Å²) in [4.78, 5) is 22.1. The smallest absolute Gasteiger partial charge is 0.492 e. The van der Waals surface area contributed by atoms with Gasteiger partial charge in [0.05, 0.1) is 6.61 Å². The van der Waals surface area contributed by atoms with Gasteiger partial charge in [-0.05, 0) is 69.1 Å². The summed E-state index contributed by atoms with van der Waals surface area (Å²) >= 11 is 1.64. The van der Waals surface area contributed by atoms with E-state index in [0.717, 1.165) is 48.7 Å². The van der Waals surface area contributed by atoms with E-state index in [0.29, 0.717) is 12.0 Å². The first-order chi connectivity index (χ1) is 14.0. The Kier molecular flexibility index (Phi) is 10.1. The van der Waals surface area contributed by atoms with Crippen molar-refractivity contribution in [3.63, 3.8) is 0 Å². The molecular weight excluding hydrogens is 392 g/mol. The molecule has 2 aliphatic rings. The lowest BCUT2D eigenvalue weighted by Gasteiger charge is -2.24. The molecule has 1 saturated heterocycles. The molecule has 4 N–H and O–H groups in total. The minimum absolute atomic E-state index is 0.0482. The lowest BCUT2D eigenvalue weighted by Crippen LogP contribution is -2.36. The highest BCUT2D eigenvalue weighted by atomic mass is 32.2. The van der Waals surface area contributed by atoms with Crippen molar-refractivity contribution in [3.05, 3.63) is 23.8 Å². The second-order valence-electron chi connectivity index (χ2n) is 7.46. The van der Waals surface area contributed by atoms with Gasteiger partial charge in [-0.25, -0.2) is 4.79 Å². The van der Waals surface area contributed by atoms with Crippen LogP contribution in [0.5, 0.6) is 5.75 Å². The second-order valence-corrected chi connectivity index (χ2v) is 8.31. The monoisotopic (exact) mass is 424 g/mol. The average molecular weight is 425 g/mol. The van der Waals surface area contributed by atoms with Crippen LogP contribution in [0.25, 0.3) is 0 Å². The zero-order chi connectivity index (χ0) is 21.1. The largest absolute Gasteiger partial charge is 0.503 e. The molecule has 0 spiro atoms. The number of thioether (sulfide) groups is 1. The SMILES string of the molecule is CSc1cc(C(=O)NC2CCCCC2)ccc1OCC1CCNCC1.O=C(O)O. The fourth-order valence-electron chi connectivity index (χ4n) is 3.70. The van der Waals surface area contributed by atoms with E-state index >= 15 is 0 Å². The Labute approximate surface area is 176 Å². The number of benzene rings is 1. The third kappa shape index (κ3) is 8.53. The van der Waals surface area contributed by atoms with Crippen molar-refractivity contribution in [2.24, 2.45) is 5.92 Å². The molecule has 29 heavy (non-hydrogen) atoms. The highest BCUT2D eigenvalue weighted by Gasteiger charge is 2.18. The zero-order valence-corrected chi connectivity index (χ0v) is 17.8. The number of hydrogen-bond acceptors (Lipinski definition) is 5. The van der Waals surface area contributed by atoms with Gasteiger partial charge in [-0.3, -0.25) is 4.79 Å². The molecule has 0 bridgehead atoms. The molecule has 0 atom stereocenters. The van der Waals surface area contributed by atoms with Gasteiger partial charge in [-0.2, -0.15) is 0 Å². The summed E-state index contributed by atoms with van der Waals surface area (Å²) in [7, 11) is 0. The van der Waals surface area contributed by atoms with Crippen molar-refractivity contribution in [2.75, 3.05) is 26.0 Å². The Morgan fingerprint density at radius 3 is 2.41 bits per heavy atom. The Hall–Kier alpha value is -1.93. The number of piperidine rings is 1. The number of hydrogen-bond donors (Lipinski definition) is 4. The van der Waals surface area contributed by atoms with Gasteiger partial charge in [0.1, 0.15) is 5.75 Å². The quantitative estimate of drug-likeness (QED) is 0.510. The van der Waals surface area contributed by atoms with E-state index in [1.807, 2.05) is 24.5 Å². The Balaban J connectivity index is 0.000000687. The normalized spacial score (nSPS) is 17.7. The van der Waals surface area contributed by atoms with E-state index < -0.39 is 6.16 Å². The molecular formula is C21H32N2O5S.